The molecule has 0 aliphatic rings. The topological polar surface area (TPSA) is 26.0 Å². The summed E-state index contributed by atoms with van der Waals surface area (Å²) in [7, 11) is 0. The molecule has 2 rings (SSSR count). The largest absolute Gasteiger partial charge is 0.399 e. The molecule has 1 nitrogen and oxygen atoms in total. The van der Waals surface area contributed by atoms with E-state index in [4.69, 9.17) is 5.73 Å². The van der Waals surface area contributed by atoms with E-state index in [0.717, 1.165) is 15.7 Å². The minimum absolute atomic E-state index is 0.792. The van der Waals surface area contributed by atoms with E-state index in [1.165, 1.54) is 5.56 Å². The Morgan fingerprint density at radius 1 is 0.933 bits per heavy atom. The summed E-state index contributed by atoms with van der Waals surface area (Å²) in [6.45, 7) is 0. The number of halogens is 1. The van der Waals surface area contributed by atoms with Crippen molar-refractivity contribution in [2.45, 2.75) is 0 Å². The predicted molar refractivity (Wildman–Crippen MR) is 67.5 cm³/mol. The van der Waals surface area contributed by atoms with Crippen molar-refractivity contribution in [2.75, 3.05) is 5.73 Å². The Bertz CT molecular complexity index is 448. The van der Waals surface area contributed by atoms with Gasteiger partial charge in [0, 0.05) is 16.6 Å². The molecule has 0 aromatic heterocycles. The fourth-order valence-electron chi connectivity index (χ4n) is 1.40. The minimum Gasteiger partial charge on any atom is -0.399 e. The lowest BCUT2D eigenvalue weighted by molar-refractivity contribution is 1.43. The predicted octanol–water partition coefficient (Wildman–Crippen LogP) is 3.63. The average Bonchev–Trinajstić information content (AvgIpc) is 2.22. The molecular formula is C13H11BrN. The van der Waals surface area contributed by atoms with Crippen LogP contribution in [0.1, 0.15) is 11.1 Å². The van der Waals surface area contributed by atoms with Crippen molar-refractivity contribution in [3.05, 3.63) is 70.6 Å². The molecule has 0 aliphatic heterocycles. The maximum absolute atomic E-state index is 5.71. The second-order valence-corrected chi connectivity index (χ2v) is 4.28. The molecule has 1 radical (unpaired) electrons. The summed E-state index contributed by atoms with van der Waals surface area (Å²) in [4.78, 5) is 0. The normalized spacial score (nSPS) is 10.2. The molecule has 0 heterocycles. The average molecular weight is 261 g/mol. The molecule has 0 saturated heterocycles. The van der Waals surface area contributed by atoms with Gasteiger partial charge in [-0.2, -0.15) is 0 Å². The molecule has 2 aromatic rings. The highest BCUT2D eigenvalue weighted by molar-refractivity contribution is 9.10. The van der Waals surface area contributed by atoms with Crippen molar-refractivity contribution in [1.29, 1.82) is 0 Å². The van der Waals surface area contributed by atoms with E-state index < -0.39 is 0 Å². The maximum Gasteiger partial charge on any atom is 0.0316 e. The number of hydrogen-bond donors (Lipinski definition) is 1. The van der Waals surface area contributed by atoms with Gasteiger partial charge in [-0.25, -0.2) is 0 Å². The Hall–Kier alpha value is -1.28. The summed E-state index contributed by atoms with van der Waals surface area (Å²) in [6, 6.07) is 16.0. The summed E-state index contributed by atoms with van der Waals surface area (Å²) >= 11 is 3.41. The minimum atomic E-state index is 0.792. The third-order valence-corrected chi connectivity index (χ3v) is 2.64. The van der Waals surface area contributed by atoms with Crippen molar-refractivity contribution in [2.24, 2.45) is 0 Å². The Balaban J connectivity index is 2.18. The molecule has 0 atom stereocenters. The quantitative estimate of drug-likeness (QED) is 0.821. The van der Waals surface area contributed by atoms with Crippen molar-refractivity contribution in [3.63, 3.8) is 0 Å². The number of nitrogens with two attached hydrogens (primary N) is 1. The molecular weight excluding hydrogens is 250 g/mol. The second-order valence-electron chi connectivity index (χ2n) is 3.37. The van der Waals surface area contributed by atoms with Crippen LogP contribution in [0.3, 0.4) is 0 Å². The van der Waals surface area contributed by atoms with Crippen molar-refractivity contribution < 1.29 is 0 Å². The van der Waals surface area contributed by atoms with Gasteiger partial charge in [-0.3, -0.25) is 0 Å². The number of benzene rings is 2. The summed E-state index contributed by atoms with van der Waals surface area (Å²) < 4.78 is 1.09. The Morgan fingerprint density at radius 2 is 1.67 bits per heavy atom. The lowest BCUT2D eigenvalue weighted by Crippen LogP contribution is -1.88. The van der Waals surface area contributed by atoms with Gasteiger partial charge < -0.3 is 5.73 Å². The van der Waals surface area contributed by atoms with Crippen LogP contribution in [-0.2, 0) is 0 Å². The summed E-state index contributed by atoms with van der Waals surface area (Å²) in [5.41, 5.74) is 8.79. The van der Waals surface area contributed by atoms with Crippen LogP contribution >= 0.6 is 15.9 Å². The second kappa shape index (κ2) is 4.49. The van der Waals surface area contributed by atoms with Gasteiger partial charge in [0.25, 0.3) is 0 Å². The first-order chi connectivity index (χ1) is 7.24. The Morgan fingerprint density at radius 3 is 2.33 bits per heavy atom. The summed E-state index contributed by atoms with van der Waals surface area (Å²) in [6.07, 6.45) is 2.10. The molecule has 2 N–H and O–H groups in total. The van der Waals surface area contributed by atoms with Crippen LogP contribution in [0.15, 0.2) is 53.0 Å². The van der Waals surface area contributed by atoms with Crippen LogP contribution in [0.5, 0.6) is 0 Å². The third kappa shape index (κ3) is 2.83. The third-order valence-electron chi connectivity index (χ3n) is 2.11. The smallest absolute Gasteiger partial charge is 0.0316 e. The van der Waals surface area contributed by atoms with Crippen molar-refractivity contribution >= 4 is 21.6 Å². The van der Waals surface area contributed by atoms with Gasteiger partial charge in [-0.1, -0.05) is 40.2 Å². The van der Waals surface area contributed by atoms with Gasteiger partial charge in [-0.05, 0) is 35.4 Å². The lowest BCUT2D eigenvalue weighted by atomic mass is 10.0. The Labute approximate surface area is 98.1 Å². The SMILES string of the molecule is Nc1cccc([CH]c2ccc(Br)cc2)c1. The van der Waals surface area contributed by atoms with E-state index in [1.54, 1.807) is 0 Å². The molecule has 2 heteroatoms. The first-order valence-corrected chi connectivity index (χ1v) is 5.49. The van der Waals surface area contributed by atoms with E-state index >= 15 is 0 Å². The van der Waals surface area contributed by atoms with Crippen molar-refractivity contribution in [3.8, 4) is 0 Å². The van der Waals surface area contributed by atoms with Crippen LogP contribution in [0.25, 0.3) is 0 Å². The zero-order valence-electron chi connectivity index (χ0n) is 8.15. The monoisotopic (exact) mass is 260 g/mol. The molecule has 2 aromatic carbocycles. The van der Waals surface area contributed by atoms with Gasteiger partial charge in [0.2, 0.25) is 0 Å². The Kier molecular flexibility index (Phi) is 3.07. The highest BCUT2D eigenvalue weighted by Gasteiger charge is 1.97. The van der Waals surface area contributed by atoms with Crippen LogP contribution in [-0.4, -0.2) is 0 Å². The van der Waals surface area contributed by atoms with Crippen LogP contribution in [0.2, 0.25) is 0 Å². The maximum atomic E-state index is 5.71. The number of nitrogen functional groups attached to an aromatic ring is 1. The van der Waals surface area contributed by atoms with Gasteiger partial charge in [0.05, 0.1) is 0 Å². The zero-order chi connectivity index (χ0) is 10.7. The molecule has 0 spiro atoms. The van der Waals surface area contributed by atoms with Gasteiger partial charge >= 0.3 is 0 Å². The summed E-state index contributed by atoms with van der Waals surface area (Å²) in [5.74, 6) is 0. The van der Waals surface area contributed by atoms with Gasteiger partial charge in [-0.15, -0.1) is 0 Å². The van der Waals surface area contributed by atoms with E-state index in [2.05, 4.69) is 34.5 Å². The first-order valence-electron chi connectivity index (χ1n) is 4.70. The van der Waals surface area contributed by atoms with Crippen LogP contribution in [0, 0.1) is 6.42 Å². The van der Waals surface area contributed by atoms with Crippen LogP contribution in [0.4, 0.5) is 5.69 Å². The lowest BCUT2D eigenvalue weighted by Gasteiger charge is -2.02. The number of rotatable bonds is 2. The molecule has 15 heavy (non-hydrogen) atoms. The fourth-order valence-corrected chi connectivity index (χ4v) is 1.66. The first kappa shape index (κ1) is 10.2. The van der Waals surface area contributed by atoms with E-state index in [9.17, 15) is 0 Å². The standard InChI is InChI=1S/C13H11BrN/c14-12-6-4-10(5-7-12)8-11-2-1-3-13(15)9-11/h1-9H,15H2. The van der Waals surface area contributed by atoms with Crippen LogP contribution < -0.4 is 5.73 Å². The molecule has 0 saturated carbocycles. The molecule has 0 unspecified atom stereocenters. The molecule has 0 aliphatic carbocycles. The zero-order valence-corrected chi connectivity index (χ0v) is 9.74. The van der Waals surface area contributed by atoms with Gasteiger partial charge in [0.1, 0.15) is 0 Å². The molecule has 75 valence electrons. The fraction of sp³-hybridized carbons (Fsp3) is 0. The van der Waals surface area contributed by atoms with E-state index in [-0.39, 0.29) is 0 Å². The number of anilines is 1. The van der Waals surface area contributed by atoms with E-state index in [0.29, 0.717) is 0 Å². The van der Waals surface area contributed by atoms with E-state index in [1.807, 2.05) is 36.4 Å². The number of hydrogen-bond acceptors (Lipinski definition) is 1. The molecule has 0 fully saturated rings. The summed E-state index contributed by atoms with van der Waals surface area (Å²) in [5, 5.41) is 0. The highest BCUT2D eigenvalue weighted by atomic mass is 79.9. The van der Waals surface area contributed by atoms with Gasteiger partial charge in [0.15, 0.2) is 0 Å². The molecule has 0 bridgehead atoms. The highest BCUT2D eigenvalue weighted by Crippen LogP contribution is 2.17. The van der Waals surface area contributed by atoms with Crippen molar-refractivity contribution in [1.82, 2.24) is 0 Å². The molecule has 0 amide bonds.